The molecule has 3 rings (SSSR count). The number of aromatic amines is 1. The first kappa shape index (κ1) is 16.1. The van der Waals surface area contributed by atoms with Gasteiger partial charge in [0.15, 0.2) is 0 Å². The molecule has 8 heteroatoms. The minimum atomic E-state index is -0.0579. The van der Waals surface area contributed by atoms with Crippen LogP contribution in [0.2, 0.25) is 0 Å². The lowest BCUT2D eigenvalue weighted by atomic mass is 10.1. The first-order valence-corrected chi connectivity index (χ1v) is 8.48. The number of benzene rings is 1. The molecule has 0 aliphatic carbocycles. The van der Waals surface area contributed by atoms with E-state index < -0.39 is 0 Å². The summed E-state index contributed by atoms with van der Waals surface area (Å²) < 4.78 is 0. The smallest absolute Gasteiger partial charge is 0.256 e. The van der Waals surface area contributed by atoms with E-state index in [0.717, 1.165) is 16.2 Å². The molecular formula is C16H16N6OS. The molecule has 0 unspecified atom stereocenters. The van der Waals surface area contributed by atoms with Gasteiger partial charge < -0.3 is 4.90 Å². The summed E-state index contributed by atoms with van der Waals surface area (Å²) in [6.45, 7) is 0.479. The SMILES string of the molecule is CSc1ncccc1C(=O)N(C)Cc1cccc(-c2nn[nH]n2)c1. The fraction of sp³-hybridized carbons (Fsp3) is 0.188. The van der Waals surface area contributed by atoms with Gasteiger partial charge in [-0.2, -0.15) is 5.21 Å². The summed E-state index contributed by atoms with van der Waals surface area (Å²) in [7, 11) is 1.78. The van der Waals surface area contributed by atoms with Gasteiger partial charge in [0, 0.05) is 25.4 Å². The second-order valence-electron chi connectivity index (χ2n) is 5.16. The number of carbonyl (C=O) groups is 1. The third kappa shape index (κ3) is 3.43. The quantitative estimate of drug-likeness (QED) is 0.717. The molecule has 1 amide bonds. The Morgan fingerprint density at radius 2 is 2.17 bits per heavy atom. The van der Waals surface area contributed by atoms with Crippen molar-refractivity contribution in [3.05, 3.63) is 53.7 Å². The number of hydrogen-bond acceptors (Lipinski definition) is 6. The summed E-state index contributed by atoms with van der Waals surface area (Å²) in [5.41, 5.74) is 2.46. The van der Waals surface area contributed by atoms with Gasteiger partial charge in [0.25, 0.3) is 5.91 Å². The number of H-pyrrole nitrogens is 1. The third-order valence-electron chi connectivity index (χ3n) is 3.49. The maximum atomic E-state index is 12.7. The van der Waals surface area contributed by atoms with Crippen LogP contribution in [0.5, 0.6) is 0 Å². The average Bonchev–Trinajstić information content (AvgIpc) is 3.16. The van der Waals surface area contributed by atoms with Crippen LogP contribution in [0.25, 0.3) is 11.4 Å². The number of pyridine rings is 1. The Bertz CT molecular complexity index is 836. The lowest BCUT2D eigenvalue weighted by Gasteiger charge is -2.18. The van der Waals surface area contributed by atoms with Crippen molar-refractivity contribution in [3.8, 4) is 11.4 Å². The molecule has 0 spiro atoms. The standard InChI is InChI=1S/C16H16N6OS/c1-22(16(23)13-7-4-8-17-15(13)24-2)10-11-5-3-6-12(9-11)14-18-20-21-19-14/h3-9H,10H2,1-2H3,(H,18,19,20,21). The Labute approximate surface area is 143 Å². The van der Waals surface area contributed by atoms with E-state index in [9.17, 15) is 4.79 Å². The first-order valence-electron chi connectivity index (χ1n) is 7.26. The van der Waals surface area contributed by atoms with E-state index in [4.69, 9.17) is 0 Å². The average molecular weight is 340 g/mol. The summed E-state index contributed by atoms with van der Waals surface area (Å²) in [4.78, 5) is 18.6. The Morgan fingerprint density at radius 1 is 1.29 bits per heavy atom. The second kappa shape index (κ2) is 7.22. The van der Waals surface area contributed by atoms with E-state index in [1.54, 1.807) is 30.3 Å². The molecule has 1 N–H and O–H groups in total. The Morgan fingerprint density at radius 3 is 2.92 bits per heavy atom. The zero-order valence-electron chi connectivity index (χ0n) is 13.3. The molecule has 0 saturated carbocycles. The Kier molecular flexibility index (Phi) is 4.85. The van der Waals surface area contributed by atoms with Crippen molar-refractivity contribution in [2.45, 2.75) is 11.6 Å². The predicted molar refractivity (Wildman–Crippen MR) is 91.4 cm³/mol. The van der Waals surface area contributed by atoms with Crippen LogP contribution in [0.1, 0.15) is 15.9 Å². The Balaban J connectivity index is 1.78. The van der Waals surface area contributed by atoms with Crippen LogP contribution < -0.4 is 0 Å². The van der Waals surface area contributed by atoms with Crippen LogP contribution in [0, 0.1) is 0 Å². The van der Waals surface area contributed by atoms with Crippen LogP contribution in [0.15, 0.2) is 47.6 Å². The lowest BCUT2D eigenvalue weighted by molar-refractivity contribution is 0.0781. The van der Waals surface area contributed by atoms with Crippen LogP contribution >= 0.6 is 11.8 Å². The van der Waals surface area contributed by atoms with Gasteiger partial charge in [-0.1, -0.05) is 18.2 Å². The molecule has 0 radical (unpaired) electrons. The molecule has 0 saturated heterocycles. The topological polar surface area (TPSA) is 87.7 Å². The van der Waals surface area contributed by atoms with Crippen molar-refractivity contribution in [1.29, 1.82) is 0 Å². The molecule has 0 bridgehead atoms. The van der Waals surface area contributed by atoms with Gasteiger partial charge in [0.05, 0.1) is 5.56 Å². The monoisotopic (exact) mass is 340 g/mol. The van der Waals surface area contributed by atoms with E-state index >= 15 is 0 Å². The van der Waals surface area contributed by atoms with Crippen LogP contribution in [-0.2, 0) is 6.54 Å². The lowest BCUT2D eigenvalue weighted by Crippen LogP contribution is -2.26. The van der Waals surface area contributed by atoms with E-state index in [-0.39, 0.29) is 5.91 Å². The van der Waals surface area contributed by atoms with Gasteiger partial charge in [-0.25, -0.2) is 4.98 Å². The van der Waals surface area contributed by atoms with Crippen molar-refractivity contribution < 1.29 is 4.79 Å². The molecule has 3 aromatic rings. The fourth-order valence-electron chi connectivity index (χ4n) is 2.36. The number of amides is 1. The van der Waals surface area contributed by atoms with Crippen LogP contribution in [0.4, 0.5) is 0 Å². The number of hydrogen-bond donors (Lipinski definition) is 1. The maximum Gasteiger partial charge on any atom is 0.256 e. The van der Waals surface area contributed by atoms with Gasteiger partial charge in [-0.15, -0.1) is 22.0 Å². The van der Waals surface area contributed by atoms with E-state index in [0.29, 0.717) is 17.9 Å². The molecule has 2 heterocycles. The van der Waals surface area contributed by atoms with Crippen molar-refractivity contribution >= 4 is 17.7 Å². The number of aromatic nitrogens is 5. The zero-order valence-corrected chi connectivity index (χ0v) is 14.1. The molecule has 0 fully saturated rings. The van der Waals surface area contributed by atoms with Crippen molar-refractivity contribution in [1.82, 2.24) is 30.5 Å². The molecule has 7 nitrogen and oxygen atoms in total. The zero-order chi connectivity index (χ0) is 16.9. The van der Waals surface area contributed by atoms with Crippen molar-refractivity contribution in [2.24, 2.45) is 0 Å². The largest absolute Gasteiger partial charge is 0.337 e. The molecule has 2 aromatic heterocycles. The summed E-state index contributed by atoms with van der Waals surface area (Å²) in [6, 6.07) is 11.3. The molecule has 0 aliphatic heterocycles. The second-order valence-corrected chi connectivity index (χ2v) is 5.95. The highest BCUT2D eigenvalue weighted by atomic mass is 32.2. The van der Waals surface area contributed by atoms with Gasteiger partial charge in [0.2, 0.25) is 5.82 Å². The van der Waals surface area contributed by atoms with E-state index in [1.807, 2.05) is 30.5 Å². The summed E-state index contributed by atoms with van der Waals surface area (Å²) >= 11 is 1.46. The van der Waals surface area contributed by atoms with E-state index in [1.165, 1.54) is 11.8 Å². The molecule has 24 heavy (non-hydrogen) atoms. The predicted octanol–water partition coefficient (Wildman–Crippen LogP) is 2.26. The molecule has 1 aromatic carbocycles. The Hall–Kier alpha value is -2.74. The third-order valence-corrected chi connectivity index (χ3v) is 4.20. The molecule has 0 aliphatic rings. The highest BCUT2D eigenvalue weighted by Gasteiger charge is 2.16. The first-order chi connectivity index (χ1) is 11.7. The van der Waals surface area contributed by atoms with Crippen LogP contribution in [-0.4, -0.2) is 49.7 Å². The molecule has 0 atom stereocenters. The highest BCUT2D eigenvalue weighted by molar-refractivity contribution is 7.98. The van der Waals surface area contributed by atoms with Gasteiger partial charge in [-0.3, -0.25) is 4.79 Å². The number of carbonyl (C=O) groups excluding carboxylic acids is 1. The van der Waals surface area contributed by atoms with Gasteiger partial charge in [-0.05, 0) is 35.2 Å². The number of rotatable bonds is 5. The van der Waals surface area contributed by atoms with Crippen LogP contribution in [0.3, 0.4) is 0 Å². The molecular weight excluding hydrogens is 324 g/mol. The number of tetrazole rings is 1. The fourth-order valence-corrected chi connectivity index (χ4v) is 2.90. The summed E-state index contributed by atoms with van der Waals surface area (Å²) in [6.07, 6.45) is 3.60. The normalized spacial score (nSPS) is 10.6. The minimum absolute atomic E-state index is 0.0579. The maximum absolute atomic E-state index is 12.7. The number of thioether (sulfide) groups is 1. The minimum Gasteiger partial charge on any atom is -0.337 e. The van der Waals surface area contributed by atoms with Crippen molar-refractivity contribution in [3.63, 3.8) is 0 Å². The summed E-state index contributed by atoms with van der Waals surface area (Å²) in [5.74, 6) is 0.472. The van der Waals surface area contributed by atoms with Gasteiger partial charge in [0.1, 0.15) is 5.03 Å². The number of nitrogens with one attached hydrogen (secondary N) is 1. The number of nitrogens with zero attached hydrogens (tertiary/aromatic N) is 5. The van der Waals surface area contributed by atoms with E-state index in [2.05, 4.69) is 25.6 Å². The van der Waals surface area contributed by atoms with Crippen molar-refractivity contribution in [2.75, 3.05) is 13.3 Å². The highest BCUT2D eigenvalue weighted by Crippen LogP contribution is 2.20. The molecule has 122 valence electrons. The van der Waals surface area contributed by atoms with Gasteiger partial charge >= 0.3 is 0 Å². The summed E-state index contributed by atoms with van der Waals surface area (Å²) in [5, 5.41) is 14.7.